The fourth-order valence-corrected chi connectivity index (χ4v) is 4.38. The van der Waals surface area contributed by atoms with Crippen LogP contribution < -0.4 is 0 Å². The molecule has 1 heterocycles. The summed E-state index contributed by atoms with van der Waals surface area (Å²) in [6, 6.07) is 0. The van der Waals surface area contributed by atoms with Crippen molar-refractivity contribution in [1.82, 2.24) is 0 Å². The highest BCUT2D eigenvalue weighted by Gasteiger charge is 2.42. The highest BCUT2D eigenvalue weighted by molar-refractivity contribution is 4.87. The lowest BCUT2D eigenvalue weighted by Gasteiger charge is -2.39. The van der Waals surface area contributed by atoms with Gasteiger partial charge in [0.2, 0.25) is 0 Å². The Bertz CT molecular complexity index is 451. The van der Waals surface area contributed by atoms with Crippen molar-refractivity contribution in [2.75, 3.05) is 19.8 Å². The molecule has 1 aliphatic rings. The van der Waals surface area contributed by atoms with E-state index in [1.165, 1.54) is 89.9 Å². The van der Waals surface area contributed by atoms with Gasteiger partial charge in [-0.2, -0.15) is 0 Å². The van der Waals surface area contributed by atoms with Crippen LogP contribution in [-0.2, 0) is 14.2 Å². The summed E-state index contributed by atoms with van der Waals surface area (Å²) < 4.78 is 16.2. The van der Waals surface area contributed by atoms with Gasteiger partial charge in [0.25, 0.3) is 0 Å². The zero-order valence-corrected chi connectivity index (χ0v) is 21.9. The van der Waals surface area contributed by atoms with Crippen molar-refractivity contribution in [1.29, 1.82) is 0 Å². The molecule has 7 heteroatoms. The third kappa shape index (κ3) is 15.0. The van der Waals surface area contributed by atoms with Crippen LogP contribution in [0.25, 0.3) is 0 Å². The Balaban J connectivity index is 1.83. The molecule has 1 saturated heterocycles. The van der Waals surface area contributed by atoms with Crippen LogP contribution in [0.1, 0.15) is 117 Å². The van der Waals surface area contributed by atoms with E-state index >= 15 is 0 Å². The van der Waals surface area contributed by atoms with E-state index in [1.54, 1.807) is 6.92 Å². The second-order valence-electron chi connectivity index (χ2n) is 10.0. The molecule has 1 rings (SSSR count). The second-order valence-corrected chi connectivity index (χ2v) is 10.0. The van der Waals surface area contributed by atoms with Gasteiger partial charge in [-0.15, -0.1) is 0 Å². The maximum Gasteiger partial charge on any atom is 0.186 e. The number of hydrogen-bond donors (Lipinski definition) is 4. The van der Waals surface area contributed by atoms with Gasteiger partial charge in [0.05, 0.1) is 19.3 Å². The van der Waals surface area contributed by atoms with Crippen molar-refractivity contribution in [2.24, 2.45) is 0 Å². The van der Waals surface area contributed by atoms with Crippen molar-refractivity contribution in [3.8, 4) is 0 Å². The average molecular weight is 491 g/mol. The lowest BCUT2D eigenvalue weighted by atomic mass is 10.0. The topological polar surface area (TPSA) is 109 Å². The molecule has 0 amide bonds. The predicted octanol–water partition coefficient (Wildman–Crippen LogP) is 4.47. The van der Waals surface area contributed by atoms with E-state index in [4.69, 9.17) is 14.2 Å². The summed E-state index contributed by atoms with van der Waals surface area (Å²) in [6.07, 6.45) is 14.9. The van der Waals surface area contributed by atoms with Crippen molar-refractivity contribution in [3.05, 3.63) is 0 Å². The highest BCUT2D eigenvalue weighted by atomic mass is 16.7. The smallest absolute Gasteiger partial charge is 0.186 e. The quantitative estimate of drug-likeness (QED) is 0.166. The maximum absolute atomic E-state index is 9.99. The summed E-state index contributed by atoms with van der Waals surface area (Å²) in [7, 11) is 0. The zero-order valence-electron chi connectivity index (χ0n) is 21.9. The Morgan fingerprint density at radius 1 is 0.647 bits per heavy atom. The fourth-order valence-electron chi connectivity index (χ4n) is 4.38. The highest BCUT2D eigenvalue weighted by Crippen LogP contribution is 2.22. The molecule has 7 nitrogen and oxygen atoms in total. The van der Waals surface area contributed by atoms with Gasteiger partial charge in [-0.05, 0) is 13.3 Å². The summed E-state index contributed by atoms with van der Waals surface area (Å²) >= 11 is 0. The van der Waals surface area contributed by atoms with E-state index in [1.807, 2.05) is 0 Å². The first-order valence-corrected chi connectivity index (χ1v) is 14.0. The summed E-state index contributed by atoms with van der Waals surface area (Å²) in [5.74, 6) is 0. The van der Waals surface area contributed by atoms with Crippen LogP contribution in [0.3, 0.4) is 0 Å². The molecule has 0 spiro atoms. The van der Waals surface area contributed by atoms with Gasteiger partial charge >= 0.3 is 0 Å². The van der Waals surface area contributed by atoms with Gasteiger partial charge in [-0.1, -0.05) is 103 Å². The minimum atomic E-state index is -1.36. The largest absolute Gasteiger partial charge is 0.388 e. The van der Waals surface area contributed by atoms with E-state index in [2.05, 4.69) is 6.92 Å². The molecule has 34 heavy (non-hydrogen) atoms. The number of aliphatic hydroxyl groups excluding tert-OH is 4. The van der Waals surface area contributed by atoms with Gasteiger partial charge in [-0.25, -0.2) is 0 Å². The molecule has 0 aromatic heterocycles. The monoisotopic (exact) mass is 490 g/mol. The number of unbranched alkanes of at least 4 members (excludes halogenated alkanes) is 15. The molecular weight excluding hydrogens is 436 g/mol. The van der Waals surface area contributed by atoms with E-state index in [0.717, 1.165) is 12.8 Å². The molecule has 4 N–H and O–H groups in total. The summed E-state index contributed by atoms with van der Waals surface area (Å²) in [5.41, 5.74) is 0. The van der Waals surface area contributed by atoms with Crippen molar-refractivity contribution in [3.63, 3.8) is 0 Å². The number of aliphatic hydroxyl groups is 4. The molecule has 6 atom stereocenters. The average Bonchev–Trinajstić information content (AvgIpc) is 2.83. The van der Waals surface area contributed by atoms with Crippen molar-refractivity contribution in [2.45, 2.75) is 153 Å². The SMILES string of the molecule is CCCCCCCCCCCCCCCCCCOCC(O)CO[C@H]1O[C@H](C)[C@H](O)[C@H](O)[C@H]1O. The molecular formula is C27H54O7. The van der Waals surface area contributed by atoms with Gasteiger partial charge in [0.1, 0.15) is 24.4 Å². The van der Waals surface area contributed by atoms with E-state index in [-0.39, 0.29) is 13.2 Å². The van der Waals surface area contributed by atoms with Gasteiger partial charge in [0.15, 0.2) is 6.29 Å². The molecule has 0 radical (unpaired) electrons. The Morgan fingerprint density at radius 3 is 1.62 bits per heavy atom. The first-order valence-electron chi connectivity index (χ1n) is 14.0. The van der Waals surface area contributed by atoms with Gasteiger partial charge in [-0.3, -0.25) is 0 Å². The fraction of sp³-hybridized carbons (Fsp3) is 1.00. The van der Waals surface area contributed by atoms with Gasteiger partial charge < -0.3 is 34.6 Å². The van der Waals surface area contributed by atoms with Crippen LogP contribution >= 0.6 is 0 Å². The molecule has 204 valence electrons. The molecule has 0 aliphatic carbocycles. The van der Waals surface area contributed by atoms with Crippen molar-refractivity contribution >= 4 is 0 Å². The third-order valence-electron chi connectivity index (χ3n) is 6.71. The summed E-state index contributed by atoms with van der Waals surface area (Å²) in [5, 5.41) is 39.3. The predicted molar refractivity (Wildman–Crippen MR) is 135 cm³/mol. The Hall–Kier alpha value is -0.280. The third-order valence-corrected chi connectivity index (χ3v) is 6.71. The number of rotatable bonds is 22. The molecule has 1 fully saturated rings. The van der Waals surface area contributed by atoms with Crippen molar-refractivity contribution < 1.29 is 34.6 Å². The maximum atomic E-state index is 9.99. The van der Waals surface area contributed by atoms with E-state index in [9.17, 15) is 20.4 Å². The summed E-state index contributed by atoms with van der Waals surface area (Å²) in [4.78, 5) is 0. The normalized spacial score (nSPS) is 26.1. The number of ether oxygens (including phenoxy) is 3. The molecule has 0 bridgehead atoms. The molecule has 0 aromatic carbocycles. The zero-order chi connectivity index (χ0) is 25.0. The van der Waals surface area contributed by atoms with Crippen LogP contribution in [-0.4, -0.2) is 77.1 Å². The Labute approximate surface area is 208 Å². The summed E-state index contributed by atoms with van der Waals surface area (Å²) in [6.45, 7) is 4.55. The van der Waals surface area contributed by atoms with Gasteiger partial charge in [0, 0.05) is 6.61 Å². The Morgan fingerprint density at radius 2 is 1.12 bits per heavy atom. The molecule has 1 aliphatic heterocycles. The second kappa shape index (κ2) is 20.9. The van der Waals surface area contributed by atoms with Crippen LogP contribution in [0.4, 0.5) is 0 Å². The minimum Gasteiger partial charge on any atom is -0.388 e. The van der Waals surface area contributed by atoms with Crippen LogP contribution in [0, 0.1) is 0 Å². The van der Waals surface area contributed by atoms with Crippen LogP contribution in [0.2, 0.25) is 0 Å². The number of hydrogen-bond acceptors (Lipinski definition) is 7. The lowest BCUT2D eigenvalue weighted by molar-refractivity contribution is -0.297. The molecule has 0 aromatic rings. The lowest BCUT2D eigenvalue weighted by Crippen LogP contribution is -2.57. The Kier molecular flexibility index (Phi) is 19.5. The van der Waals surface area contributed by atoms with E-state index in [0.29, 0.717) is 6.61 Å². The minimum absolute atomic E-state index is 0.0732. The first kappa shape index (κ1) is 31.7. The van der Waals surface area contributed by atoms with Crippen LogP contribution in [0.15, 0.2) is 0 Å². The molecule has 1 unspecified atom stereocenters. The van der Waals surface area contributed by atoms with Crippen LogP contribution in [0.5, 0.6) is 0 Å². The standard InChI is InChI=1S/C27H54O7/c1-3-4-5-6-7-8-9-10-11-12-13-14-15-16-17-18-19-32-20-23(28)21-33-27-26(31)25(30)24(29)22(2)34-27/h22-31H,3-21H2,1-2H3/t22-,23?,24+,25+,26-,27+/m1/s1. The van der Waals surface area contributed by atoms with E-state index < -0.39 is 36.8 Å². The first-order chi connectivity index (χ1) is 16.5. The molecule has 0 saturated carbocycles.